The van der Waals surface area contributed by atoms with Gasteiger partial charge in [0.05, 0.1) is 16.6 Å². The Morgan fingerprint density at radius 2 is 1.97 bits per heavy atom. The van der Waals surface area contributed by atoms with Crippen LogP contribution in [0.15, 0.2) is 41.2 Å². The normalized spacial score (nSPS) is 23.6. The van der Waals surface area contributed by atoms with Gasteiger partial charge >= 0.3 is 6.18 Å². The van der Waals surface area contributed by atoms with Gasteiger partial charge in [0.1, 0.15) is 0 Å². The summed E-state index contributed by atoms with van der Waals surface area (Å²) in [6, 6.07) is 6.42. The molecule has 4 rings (SSSR count). The van der Waals surface area contributed by atoms with E-state index in [0.717, 1.165) is 6.07 Å². The number of pyridine rings is 1. The number of rotatable bonds is 2. The molecule has 0 unspecified atom stereocenters. The summed E-state index contributed by atoms with van der Waals surface area (Å²) in [6.45, 7) is 1.36. The maximum Gasteiger partial charge on any atom is 0.419 e. The quantitative estimate of drug-likeness (QED) is 0.410. The van der Waals surface area contributed by atoms with Crippen molar-refractivity contribution in [2.45, 2.75) is 37.1 Å². The van der Waals surface area contributed by atoms with Gasteiger partial charge in [0.2, 0.25) is 5.56 Å². The van der Waals surface area contributed by atoms with Gasteiger partial charge in [-0.15, -0.1) is 0 Å². The topological polar surface area (TPSA) is 85.4 Å². The SMILES string of the molecule is C[C@@H]1C[C@](O)(C(F)(F)F)[C@@H](Nc2cccc3[nH]c(=O)ccc23)c2cc(Cl)c(F)c(O)c21. The maximum atomic E-state index is 14.2. The first-order valence-electron chi connectivity index (χ1n) is 9.32. The zero-order valence-electron chi connectivity index (χ0n) is 16.0. The van der Waals surface area contributed by atoms with Crippen molar-refractivity contribution < 1.29 is 27.8 Å². The highest BCUT2D eigenvalue weighted by atomic mass is 35.5. The molecule has 1 aliphatic carbocycles. The summed E-state index contributed by atoms with van der Waals surface area (Å²) in [4.78, 5) is 14.2. The molecule has 0 aliphatic heterocycles. The van der Waals surface area contributed by atoms with Crippen LogP contribution in [0.5, 0.6) is 5.75 Å². The number of anilines is 1. The van der Waals surface area contributed by atoms with Crippen LogP contribution in [0, 0.1) is 5.82 Å². The fourth-order valence-electron chi connectivity index (χ4n) is 4.29. The van der Waals surface area contributed by atoms with E-state index < -0.39 is 46.7 Å². The predicted molar refractivity (Wildman–Crippen MR) is 108 cm³/mol. The average Bonchev–Trinajstić information content (AvgIpc) is 2.67. The number of aliphatic hydroxyl groups is 1. The Morgan fingerprint density at radius 3 is 2.65 bits per heavy atom. The lowest BCUT2D eigenvalue weighted by molar-refractivity contribution is -0.272. The summed E-state index contributed by atoms with van der Waals surface area (Å²) >= 11 is 5.82. The molecule has 2 aromatic carbocycles. The number of benzene rings is 2. The van der Waals surface area contributed by atoms with E-state index in [-0.39, 0.29) is 22.4 Å². The lowest BCUT2D eigenvalue weighted by Crippen LogP contribution is -2.55. The fourth-order valence-corrected chi connectivity index (χ4v) is 4.50. The second kappa shape index (κ2) is 7.13. The van der Waals surface area contributed by atoms with E-state index in [9.17, 15) is 32.6 Å². The Bertz CT molecular complexity index is 1240. The molecular weight excluding hydrogens is 440 g/mol. The largest absolute Gasteiger partial charge is 0.505 e. The van der Waals surface area contributed by atoms with Crippen LogP contribution in [-0.2, 0) is 0 Å². The van der Waals surface area contributed by atoms with Gasteiger partial charge in [0, 0.05) is 22.7 Å². The van der Waals surface area contributed by atoms with E-state index in [2.05, 4.69) is 10.3 Å². The highest BCUT2D eigenvalue weighted by Gasteiger charge is 2.62. The molecule has 3 aromatic rings. The molecule has 164 valence electrons. The number of hydrogen-bond donors (Lipinski definition) is 4. The Labute approximate surface area is 178 Å². The van der Waals surface area contributed by atoms with Crippen LogP contribution in [-0.4, -0.2) is 27.0 Å². The van der Waals surface area contributed by atoms with E-state index in [0.29, 0.717) is 10.9 Å². The first kappa shape index (κ1) is 21.5. The van der Waals surface area contributed by atoms with Gasteiger partial charge in [-0.1, -0.05) is 24.6 Å². The van der Waals surface area contributed by atoms with Gasteiger partial charge < -0.3 is 20.5 Å². The minimum atomic E-state index is -5.05. The van der Waals surface area contributed by atoms with E-state index in [4.69, 9.17) is 11.6 Å². The van der Waals surface area contributed by atoms with Gasteiger partial charge in [0.25, 0.3) is 0 Å². The number of H-pyrrole nitrogens is 1. The van der Waals surface area contributed by atoms with Crippen molar-refractivity contribution >= 4 is 28.2 Å². The predicted octanol–water partition coefficient (Wildman–Crippen LogP) is 4.98. The molecule has 0 saturated carbocycles. The first-order valence-corrected chi connectivity index (χ1v) is 9.70. The molecule has 0 fully saturated rings. The highest BCUT2D eigenvalue weighted by Crippen LogP contribution is 2.55. The van der Waals surface area contributed by atoms with Crippen molar-refractivity contribution in [1.29, 1.82) is 0 Å². The molecule has 4 N–H and O–H groups in total. The van der Waals surface area contributed by atoms with Crippen LogP contribution in [0.2, 0.25) is 5.02 Å². The van der Waals surface area contributed by atoms with Gasteiger partial charge in [0.15, 0.2) is 17.2 Å². The van der Waals surface area contributed by atoms with Crippen molar-refractivity contribution in [2.75, 3.05) is 5.32 Å². The number of aromatic amines is 1. The van der Waals surface area contributed by atoms with Crippen LogP contribution in [0.25, 0.3) is 10.9 Å². The highest BCUT2D eigenvalue weighted by molar-refractivity contribution is 6.31. The summed E-state index contributed by atoms with van der Waals surface area (Å²) in [7, 11) is 0. The van der Waals surface area contributed by atoms with Crippen molar-refractivity contribution in [3.8, 4) is 5.75 Å². The Balaban J connectivity index is 1.96. The number of hydrogen-bond acceptors (Lipinski definition) is 4. The second-order valence-corrected chi connectivity index (χ2v) is 8.13. The van der Waals surface area contributed by atoms with Crippen molar-refractivity contribution in [2.24, 2.45) is 0 Å². The summed E-state index contributed by atoms with van der Waals surface area (Å²) in [5.74, 6) is -2.98. The molecule has 1 aliphatic rings. The van der Waals surface area contributed by atoms with Crippen molar-refractivity contribution in [3.63, 3.8) is 0 Å². The van der Waals surface area contributed by atoms with Crippen LogP contribution in [0.1, 0.15) is 36.4 Å². The molecule has 0 amide bonds. The zero-order valence-corrected chi connectivity index (χ0v) is 16.8. The smallest absolute Gasteiger partial charge is 0.419 e. The zero-order chi connectivity index (χ0) is 22.7. The number of fused-ring (bicyclic) bond motifs is 2. The van der Waals surface area contributed by atoms with Gasteiger partial charge in [-0.05, 0) is 42.2 Å². The fraction of sp³-hybridized carbons (Fsp3) is 0.286. The minimum Gasteiger partial charge on any atom is -0.505 e. The maximum absolute atomic E-state index is 14.2. The van der Waals surface area contributed by atoms with E-state index in [1.54, 1.807) is 6.07 Å². The molecular formula is C21H17ClF4N2O3. The lowest BCUT2D eigenvalue weighted by Gasteiger charge is -2.45. The average molecular weight is 457 g/mol. The first-order chi connectivity index (χ1) is 14.4. The molecule has 1 heterocycles. The van der Waals surface area contributed by atoms with Crippen LogP contribution in [0.4, 0.5) is 23.2 Å². The standard InChI is InChI=1S/C21H17ClF4N2O3/c1-9-8-20(31,21(24,25)26)19(11-7-12(22)17(23)18(30)16(9)11)28-14-4-2-3-13-10(14)5-6-15(29)27-13/h2-7,9,19,28,30-31H,8H2,1H3,(H,27,29)/t9-,19+,20-/m1/s1. The van der Waals surface area contributed by atoms with Crippen molar-refractivity contribution in [3.05, 3.63) is 68.7 Å². The van der Waals surface area contributed by atoms with Gasteiger partial charge in [-0.3, -0.25) is 4.79 Å². The molecule has 0 saturated heterocycles. The molecule has 0 spiro atoms. The molecule has 3 atom stereocenters. The van der Waals surface area contributed by atoms with Gasteiger partial charge in [-0.25, -0.2) is 4.39 Å². The Kier molecular flexibility index (Phi) is 4.94. The third-order valence-corrected chi connectivity index (χ3v) is 6.00. The van der Waals surface area contributed by atoms with Crippen LogP contribution >= 0.6 is 11.6 Å². The van der Waals surface area contributed by atoms with Crippen LogP contribution < -0.4 is 10.9 Å². The summed E-state index contributed by atoms with van der Waals surface area (Å²) in [5.41, 5.74) is -3.28. The minimum absolute atomic E-state index is 0.0537. The van der Waals surface area contributed by atoms with E-state index in [1.807, 2.05) is 0 Å². The van der Waals surface area contributed by atoms with Crippen LogP contribution in [0.3, 0.4) is 0 Å². The number of phenolic OH excluding ortho intramolecular Hbond substituents is 1. The van der Waals surface area contributed by atoms with E-state index >= 15 is 0 Å². The number of halogens is 5. The lowest BCUT2D eigenvalue weighted by atomic mass is 9.70. The molecule has 1 aromatic heterocycles. The molecule has 0 radical (unpaired) electrons. The monoisotopic (exact) mass is 456 g/mol. The summed E-state index contributed by atoms with van der Waals surface area (Å²) in [5, 5.41) is 23.7. The second-order valence-electron chi connectivity index (χ2n) is 7.72. The van der Waals surface area contributed by atoms with Crippen molar-refractivity contribution in [1.82, 2.24) is 4.98 Å². The summed E-state index contributed by atoms with van der Waals surface area (Å²) < 4.78 is 56.5. The number of nitrogens with one attached hydrogen (secondary N) is 2. The Hall–Kier alpha value is -2.78. The number of aromatic hydroxyl groups is 1. The summed E-state index contributed by atoms with van der Waals surface area (Å²) in [6.07, 6.45) is -5.86. The molecule has 10 heteroatoms. The number of alkyl halides is 3. The third-order valence-electron chi connectivity index (χ3n) is 5.72. The van der Waals surface area contributed by atoms with Gasteiger partial charge in [-0.2, -0.15) is 13.2 Å². The molecule has 31 heavy (non-hydrogen) atoms. The number of aromatic nitrogens is 1. The van der Waals surface area contributed by atoms with E-state index in [1.165, 1.54) is 31.2 Å². The molecule has 5 nitrogen and oxygen atoms in total. The third kappa shape index (κ3) is 3.32. The Morgan fingerprint density at radius 1 is 1.26 bits per heavy atom. The molecule has 0 bridgehead atoms. The number of phenols is 1.